The molecule has 5 rings (SSSR count). The van der Waals surface area contributed by atoms with Gasteiger partial charge < -0.3 is 19.6 Å². The molecule has 3 aromatic carbocycles. The molecule has 0 atom stereocenters. The number of benzene rings is 3. The van der Waals surface area contributed by atoms with Gasteiger partial charge in [-0.1, -0.05) is 36.4 Å². The molecule has 0 aliphatic carbocycles. The minimum Gasteiger partial charge on any atom is -0.355 e. The lowest BCUT2D eigenvalue weighted by Gasteiger charge is -2.23. The van der Waals surface area contributed by atoms with Crippen LogP contribution in [0.15, 0.2) is 72.8 Å². The summed E-state index contributed by atoms with van der Waals surface area (Å²) in [5, 5.41) is 0. The summed E-state index contributed by atoms with van der Waals surface area (Å²) < 4.78 is 0. The maximum Gasteiger partial charge on any atom is 0.0950 e. The molecule has 0 spiro atoms. The average molecular weight is 356 g/mol. The van der Waals surface area contributed by atoms with Gasteiger partial charge in [-0.2, -0.15) is 0 Å². The predicted octanol–water partition coefficient (Wildman–Crippen LogP) is 4.65. The van der Waals surface area contributed by atoms with Crippen LogP contribution in [0.4, 0.5) is 28.4 Å². The summed E-state index contributed by atoms with van der Waals surface area (Å²) in [6, 6.07) is 26.2. The highest BCUT2D eigenvalue weighted by Crippen LogP contribution is 2.40. The van der Waals surface area contributed by atoms with Gasteiger partial charge >= 0.3 is 0 Å². The number of nitrogens with zero attached hydrogens (tertiary/aromatic N) is 4. The van der Waals surface area contributed by atoms with E-state index < -0.39 is 0 Å². The first kappa shape index (κ1) is 16.1. The molecule has 2 aliphatic rings. The minimum absolute atomic E-state index is 0.887. The van der Waals surface area contributed by atoms with Crippen molar-refractivity contribution >= 4 is 28.4 Å². The van der Waals surface area contributed by atoms with Gasteiger partial charge in [0.05, 0.1) is 36.1 Å². The Kier molecular flexibility index (Phi) is 3.71. The third-order valence-corrected chi connectivity index (χ3v) is 5.55. The molecule has 3 aromatic rings. The van der Waals surface area contributed by atoms with Crippen molar-refractivity contribution < 1.29 is 0 Å². The Morgan fingerprint density at radius 1 is 0.667 bits per heavy atom. The van der Waals surface area contributed by atoms with Crippen molar-refractivity contribution in [2.45, 2.75) is 6.54 Å². The van der Waals surface area contributed by atoms with Gasteiger partial charge in [0.25, 0.3) is 0 Å². The molecule has 136 valence electrons. The molecule has 27 heavy (non-hydrogen) atoms. The van der Waals surface area contributed by atoms with Gasteiger partial charge in [-0.05, 0) is 42.0 Å². The van der Waals surface area contributed by atoms with Gasteiger partial charge in [0.2, 0.25) is 0 Å². The number of rotatable bonds is 3. The normalized spacial score (nSPS) is 15.3. The molecule has 2 heterocycles. The zero-order valence-corrected chi connectivity index (χ0v) is 15.8. The van der Waals surface area contributed by atoms with Crippen molar-refractivity contribution in [1.29, 1.82) is 0 Å². The summed E-state index contributed by atoms with van der Waals surface area (Å²) in [5.74, 6) is 0. The van der Waals surface area contributed by atoms with Crippen LogP contribution in [0.25, 0.3) is 0 Å². The Morgan fingerprint density at radius 2 is 1.30 bits per heavy atom. The fourth-order valence-electron chi connectivity index (χ4n) is 4.24. The first-order valence-corrected chi connectivity index (χ1v) is 9.42. The van der Waals surface area contributed by atoms with E-state index in [9.17, 15) is 0 Å². The number of hydrogen-bond acceptors (Lipinski definition) is 4. The molecule has 0 fully saturated rings. The van der Waals surface area contributed by atoms with Crippen LogP contribution in [-0.2, 0) is 6.54 Å². The molecule has 0 N–H and O–H groups in total. The molecular weight excluding hydrogens is 332 g/mol. The summed E-state index contributed by atoms with van der Waals surface area (Å²) in [5.41, 5.74) is 7.79. The van der Waals surface area contributed by atoms with E-state index >= 15 is 0 Å². The maximum absolute atomic E-state index is 2.44. The molecule has 4 heteroatoms. The standard InChI is InChI=1S/C23H24N4/c1-24-16-26(22-12-5-3-10-20(22)24)15-18-8-7-9-19(14-18)27-17-25(2)21-11-4-6-13-23(21)27/h3-14H,15-17H2,1-2H3. The van der Waals surface area contributed by atoms with Crippen molar-refractivity contribution in [3.8, 4) is 0 Å². The fourth-order valence-corrected chi connectivity index (χ4v) is 4.24. The van der Waals surface area contributed by atoms with Gasteiger partial charge in [-0.3, -0.25) is 0 Å². The van der Waals surface area contributed by atoms with Gasteiger partial charge in [0.15, 0.2) is 0 Å². The Hall–Kier alpha value is -3.14. The van der Waals surface area contributed by atoms with E-state index in [-0.39, 0.29) is 0 Å². The third kappa shape index (κ3) is 2.69. The number of anilines is 5. The second-order valence-corrected chi connectivity index (χ2v) is 7.45. The lowest BCUT2D eigenvalue weighted by molar-refractivity contribution is 0.816. The summed E-state index contributed by atoms with van der Waals surface area (Å²) in [4.78, 5) is 9.44. The highest BCUT2D eigenvalue weighted by Gasteiger charge is 2.25. The van der Waals surface area contributed by atoms with Crippen molar-refractivity contribution in [2.75, 3.05) is 47.0 Å². The number of fused-ring (bicyclic) bond motifs is 2. The van der Waals surface area contributed by atoms with Crippen LogP contribution in [0.5, 0.6) is 0 Å². The van der Waals surface area contributed by atoms with Gasteiger partial charge in [0, 0.05) is 26.3 Å². The zero-order chi connectivity index (χ0) is 18.4. The van der Waals surface area contributed by atoms with Crippen LogP contribution >= 0.6 is 0 Å². The molecular formula is C23H24N4. The third-order valence-electron chi connectivity index (χ3n) is 5.55. The van der Waals surface area contributed by atoms with Crippen LogP contribution in [0, 0.1) is 0 Å². The smallest absolute Gasteiger partial charge is 0.0950 e. The van der Waals surface area contributed by atoms with E-state index in [1.807, 2.05) is 0 Å². The second-order valence-electron chi connectivity index (χ2n) is 7.45. The number of para-hydroxylation sites is 4. The highest BCUT2D eigenvalue weighted by atomic mass is 15.4. The van der Waals surface area contributed by atoms with E-state index in [1.165, 1.54) is 34.0 Å². The number of hydrogen-bond donors (Lipinski definition) is 0. The molecule has 2 aliphatic heterocycles. The fraction of sp³-hybridized carbons (Fsp3) is 0.217. The highest BCUT2D eigenvalue weighted by molar-refractivity contribution is 5.82. The SMILES string of the molecule is CN1CN(Cc2cccc(N3CN(C)c4ccccc43)c2)c2ccccc21. The van der Waals surface area contributed by atoms with Gasteiger partial charge in [-0.25, -0.2) is 0 Å². The van der Waals surface area contributed by atoms with Gasteiger partial charge in [-0.15, -0.1) is 0 Å². The van der Waals surface area contributed by atoms with Crippen LogP contribution in [0.1, 0.15) is 5.56 Å². The van der Waals surface area contributed by atoms with Crippen molar-refractivity contribution in [3.05, 3.63) is 78.4 Å². The summed E-state index contributed by atoms with van der Waals surface area (Å²) in [7, 11) is 4.31. The van der Waals surface area contributed by atoms with E-state index in [4.69, 9.17) is 0 Å². The van der Waals surface area contributed by atoms with Crippen LogP contribution in [-0.4, -0.2) is 27.4 Å². The Balaban J connectivity index is 1.43. The Labute approximate surface area is 160 Å². The topological polar surface area (TPSA) is 13.0 Å². The molecule has 0 saturated heterocycles. The zero-order valence-electron chi connectivity index (χ0n) is 15.8. The first-order chi connectivity index (χ1) is 13.2. The van der Waals surface area contributed by atoms with Gasteiger partial charge in [0.1, 0.15) is 0 Å². The van der Waals surface area contributed by atoms with E-state index in [2.05, 4.69) is 106 Å². The van der Waals surface area contributed by atoms with Crippen LogP contribution in [0.3, 0.4) is 0 Å². The lowest BCUT2D eigenvalue weighted by atomic mass is 10.1. The minimum atomic E-state index is 0.887. The largest absolute Gasteiger partial charge is 0.355 e. The molecule has 0 amide bonds. The Bertz CT molecular complexity index is 983. The molecule has 0 radical (unpaired) electrons. The second kappa shape index (κ2) is 6.23. The molecule has 0 unspecified atom stereocenters. The van der Waals surface area contributed by atoms with Crippen molar-refractivity contribution in [1.82, 2.24) is 0 Å². The van der Waals surface area contributed by atoms with Crippen LogP contribution in [0.2, 0.25) is 0 Å². The molecule has 4 nitrogen and oxygen atoms in total. The maximum atomic E-state index is 2.44. The quantitative estimate of drug-likeness (QED) is 0.677. The summed E-state index contributed by atoms with van der Waals surface area (Å²) in [6.07, 6.45) is 0. The first-order valence-electron chi connectivity index (χ1n) is 9.42. The summed E-state index contributed by atoms with van der Waals surface area (Å²) in [6.45, 7) is 2.73. The lowest BCUT2D eigenvalue weighted by Crippen LogP contribution is -2.27. The van der Waals surface area contributed by atoms with E-state index in [1.54, 1.807) is 0 Å². The summed E-state index contributed by atoms with van der Waals surface area (Å²) >= 11 is 0. The predicted molar refractivity (Wildman–Crippen MR) is 114 cm³/mol. The molecule has 0 saturated carbocycles. The molecule has 0 aromatic heterocycles. The average Bonchev–Trinajstić information content (AvgIpc) is 3.20. The molecule has 0 bridgehead atoms. The van der Waals surface area contributed by atoms with Crippen molar-refractivity contribution in [2.24, 2.45) is 0 Å². The van der Waals surface area contributed by atoms with E-state index in [0.29, 0.717) is 0 Å². The van der Waals surface area contributed by atoms with Crippen LogP contribution < -0.4 is 19.6 Å². The Morgan fingerprint density at radius 3 is 2.07 bits per heavy atom. The van der Waals surface area contributed by atoms with Crippen molar-refractivity contribution in [3.63, 3.8) is 0 Å². The van der Waals surface area contributed by atoms with E-state index in [0.717, 1.165) is 19.9 Å². The monoisotopic (exact) mass is 356 g/mol.